The lowest BCUT2D eigenvalue weighted by atomic mass is 9.82. The van der Waals surface area contributed by atoms with Crippen molar-refractivity contribution in [2.24, 2.45) is 11.8 Å². The second-order valence-corrected chi connectivity index (χ2v) is 5.84. The molecule has 102 valence electrons. The van der Waals surface area contributed by atoms with E-state index in [-0.39, 0.29) is 11.8 Å². The molecule has 0 aromatic rings. The molecule has 1 aliphatic carbocycles. The second kappa shape index (κ2) is 5.72. The maximum Gasteiger partial charge on any atom is 0.326 e. The van der Waals surface area contributed by atoms with Crippen LogP contribution in [0.1, 0.15) is 51.9 Å². The van der Waals surface area contributed by atoms with Crippen LogP contribution >= 0.6 is 0 Å². The highest BCUT2D eigenvalue weighted by molar-refractivity contribution is 5.85. The van der Waals surface area contributed by atoms with Crippen LogP contribution in [0.15, 0.2) is 0 Å². The molecular formula is C14H23NO3. The van der Waals surface area contributed by atoms with E-state index in [1.807, 2.05) is 0 Å². The van der Waals surface area contributed by atoms with Crippen molar-refractivity contribution in [2.45, 2.75) is 57.9 Å². The average molecular weight is 253 g/mol. The quantitative estimate of drug-likeness (QED) is 0.821. The lowest BCUT2D eigenvalue weighted by Gasteiger charge is -2.37. The SMILES string of the molecule is CC1CCC(C(=O)N2CCCC[C@@H]2C(=O)O)CC1. The van der Waals surface area contributed by atoms with Crippen LogP contribution in [-0.2, 0) is 9.59 Å². The molecule has 1 N–H and O–H groups in total. The van der Waals surface area contributed by atoms with Gasteiger partial charge in [-0.05, 0) is 50.9 Å². The summed E-state index contributed by atoms with van der Waals surface area (Å²) >= 11 is 0. The number of amides is 1. The molecule has 18 heavy (non-hydrogen) atoms. The zero-order chi connectivity index (χ0) is 13.1. The number of piperidine rings is 1. The Morgan fingerprint density at radius 2 is 1.72 bits per heavy atom. The number of rotatable bonds is 2. The van der Waals surface area contributed by atoms with Crippen LogP contribution in [0, 0.1) is 11.8 Å². The Labute approximate surface area is 108 Å². The van der Waals surface area contributed by atoms with Gasteiger partial charge in [0.05, 0.1) is 0 Å². The predicted molar refractivity (Wildman–Crippen MR) is 68.1 cm³/mol. The topological polar surface area (TPSA) is 57.6 Å². The van der Waals surface area contributed by atoms with E-state index in [9.17, 15) is 14.7 Å². The molecule has 1 aliphatic heterocycles. The number of nitrogens with zero attached hydrogens (tertiary/aromatic N) is 1. The van der Waals surface area contributed by atoms with E-state index in [4.69, 9.17) is 0 Å². The van der Waals surface area contributed by atoms with Crippen molar-refractivity contribution in [3.8, 4) is 0 Å². The Hall–Kier alpha value is -1.06. The Balaban J connectivity index is 2.00. The molecule has 1 saturated heterocycles. The molecule has 1 amide bonds. The lowest BCUT2D eigenvalue weighted by molar-refractivity contribution is -0.154. The molecule has 1 heterocycles. The van der Waals surface area contributed by atoms with Gasteiger partial charge in [0.1, 0.15) is 6.04 Å². The fourth-order valence-electron chi connectivity index (χ4n) is 3.19. The molecule has 1 saturated carbocycles. The summed E-state index contributed by atoms with van der Waals surface area (Å²) in [4.78, 5) is 25.3. The number of hydrogen-bond donors (Lipinski definition) is 1. The fourth-order valence-corrected chi connectivity index (χ4v) is 3.19. The van der Waals surface area contributed by atoms with Crippen LogP contribution in [0.4, 0.5) is 0 Å². The van der Waals surface area contributed by atoms with Gasteiger partial charge < -0.3 is 10.0 Å². The average Bonchev–Trinajstić information content (AvgIpc) is 2.39. The summed E-state index contributed by atoms with van der Waals surface area (Å²) in [5.41, 5.74) is 0. The molecular weight excluding hydrogens is 230 g/mol. The largest absolute Gasteiger partial charge is 0.480 e. The predicted octanol–water partition coefficient (Wildman–Crippen LogP) is 2.28. The zero-order valence-corrected chi connectivity index (χ0v) is 11.1. The molecule has 0 radical (unpaired) electrons. The third kappa shape index (κ3) is 2.85. The minimum Gasteiger partial charge on any atom is -0.480 e. The molecule has 1 atom stereocenters. The van der Waals surface area contributed by atoms with Crippen LogP contribution < -0.4 is 0 Å². The number of hydrogen-bond acceptors (Lipinski definition) is 2. The first-order valence-electron chi connectivity index (χ1n) is 7.13. The first-order chi connectivity index (χ1) is 8.59. The van der Waals surface area contributed by atoms with Gasteiger partial charge in [0, 0.05) is 12.5 Å². The van der Waals surface area contributed by atoms with Crippen molar-refractivity contribution < 1.29 is 14.7 Å². The van der Waals surface area contributed by atoms with Gasteiger partial charge in [-0.1, -0.05) is 6.92 Å². The summed E-state index contributed by atoms with van der Waals surface area (Å²) in [5.74, 6) is 0.0352. The number of carboxylic acid groups (broad SMARTS) is 1. The van der Waals surface area contributed by atoms with E-state index in [0.717, 1.165) is 38.5 Å². The standard InChI is InChI=1S/C14H23NO3/c1-10-5-7-11(8-6-10)13(16)15-9-3-2-4-12(15)14(17)18/h10-12H,2-9H2,1H3,(H,17,18)/t10?,11?,12-/m1/s1. The highest BCUT2D eigenvalue weighted by atomic mass is 16.4. The maximum atomic E-state index is 12.4. The highest BCUT2D eigenvalue weighted by Crippen LogP contribution is 2.31. The molecule has 4 nitrogen and oxygen atoms in total. The van der Waals surface area contributed by atoms with Gasteiger partial charge in [-0.25, -0.2) is 4.79 Å². The molecule has 0 aromatic carbocycles. The van der Waals surface area contributed by atoms with E-state index >= 15 is 0 Å². The third-order valence-electron chi connectivity index (χ3n) is 4.44. The minimum absolute atomic E-state index is 0.0705. The molecule has 0 unspecified atom stereocenters. The Bertz CT molecular complexity index is 321. The van der Waals surface area contributed by atoms with Gasteiger partial charge >= 0.3 is 5.97 Å². The fraction of sp³-hybridized carbons (Fsp3) is 0.857. The van der Waals surface area contributed by atoms with Crippen molar-refractivity contribution in [2.75, 3.05) is 6.54 Å². The zero-order valence-electron chi connectivity index (χ0n) is 11.1. The molecule has 0 bridgehead atoms. The van der Waals surface area contributed by atoms with Crippen LogP contribution in [0.25, 0.3) is 0 Å². The van der Waals surface area contributed by atoms with E-state index in [1.165, 1.54) is 0 Å². The van der Waals surface area contributed by atoms with Crippen molar-refractivity contribution in [1.29, 1.82) is 0 Å². The number of carbonyl (C=O) groups is 2. The Kier molecular flexibility index (Phi) is 4.25. The normalized spacial score (nSPS) is 33.2. The number of aliphatic carboxylic acids is 1. The summed E-state index contributed by atoms with van der Waals surface area (Å²) in [5, 5.41) is 9.20. The number of carbonyl (C=O) groups excluding carboxylic acids is 1. The van der Waals surface area contributed by atoms with Crippen LogP contribution in [0.2, 0.25) is 0 Å². The van der Waals surface area contributed by atoms with Crippen molar-refractivity contribution >= 4 is 11.9 Å². The van der Waals surface area contributed by atoms with E-state index in [1.54, 1.807) is 4.90 Å². The van der Waals surface area contributed by atoms with Gasteiger partial charge in [0.25, 0.3) is 0 Å². The van der Waals surface area contributed by atoms with Crippen molar-refractivity contribution in [1.82, 2.24) is 4.90 Å². The third-order valence-corrected chi connectivity index (χ3v) is 4.44. The van der Waals surface area contributed by atoms with Crippen molar-refractivity contribution in [3.05, 3.63) is 0 Å². The minimum atomic E-state index is -0.841. The Morgan fingerprint density at radius 3 is 2.33 bits per heavy atom. The molecule has 2 fully saturated rings. The summed E-state index contributed by atoms with van der Waals surface area (Å²) in [7, 11) is 0. The first kappa shape index (κ1) is 13.4. The lowest BCUT2D eigenvalue weighted by Crippen LogP contribution is -2.50. The van der Waals surface area contributed by atoms with Crippen LogP contribution in [0.3, 0.4) is 0 Å². The molecule has 2 rings (SSSR count). The maximum absolute atomic E-state index is 12.4. The first-order valence-corrected chi connectivity index (χ1v) is 7.13. The molecule has 4 heteroatoms. The van der Waals surface area contributed by atoms with E-state index in [0.29, 0.717) is 18.9 Å². The molecule has 2 aliphatic rings. The summed E-state index contributed by atoms with van der Waals surface area (Å²) in [6.45, 7) is 2.85. The number of carboxylic acids is 1. The smallest absolute Gasteiger partial charge is 0.326 e. The van der Waals surface area contributed by atoms with E-state index < -0.39 is 12.0 Å². The van der Waals surface area contributed by atoms with Crippen LogP contribution in [-0.4, -0.2) is 34.5 Å². The molecule has 0 aromatic heterocycles. The van der Waals surface area contributed by atoms with E-state index in [2.05, 4.69) is 6.92 Å². The monoisotopic (exact) mass is 253 g/mol. The van der Waals surface area contributed by atoms with Gasteiger partial charge in [0.2, 0.25) is 5.91 Å². The Morgan fingerprint density at radius 1 is 1.06 bits per heavy atom. The van der Waals surface area contributed by atoms with Crippen molar-refractivity contribution in [3.63, 3.8) is 0 Å². The highest BCUT2D eigenvalue weighted by Gasteiger charge is 2.36. The number of likely N-dealkylation sites (tertiary alicyclic amines) is 1. The summed E-state index contributed by atoms with van der Waals surface area (Å²) < 4.78 is 0. The van der Waals surface area contributed by atoms with Crippen LogP contribution in [0.5, 0.6) is 0 Å². The van der Waals surface area contributed by atoms with Gasteiger partial charge in [0.15, 0.2) is 0 Å². The summed E-state index contributed by atoms with van der Waals surface area (Å²) in [6, 6.07) is -0.578. The van der Waals surface area contributed by atoms with Gasteiger partial charge in [-0.2, -0.15) is 0 Å². The summed E-state index contributed by atoms with van der Waals surface area (Å²) in [6.07, 6.45) is 6.54. The second-order valence-electron chi connectivity index (χ2n) is 5.84. The molecule has 0 spiro atoms. The van der Waals surface area contributed by atoms with Gasteiger partial charge in [-0.3, -0.25) is 4.79 Å². The van der Waals surface area contributed by atoms with Gasteiger partial charge in [-0.15, -0.1) is 0 Å².